The van der Waals surface area contributed by atoms with E-state index in [4.69, 9.17) is 5.26 Å². The Labute approximate surface area is 84.2 Å². The van der Waals surface area contributed by atoms with E-state index in [-0.39, 0.29) is 0 Å². The van der Waals surface area contributed by atoms with Crippen LogP contribution >= 0.6 is 27.7 Å². The molecule has 0 atom stereocenters. The molecule has 0 radical (unpaired) electrons. The zero-order valence-corrected chi connectivity index (χ0v) is 8.60. The van der Waals surface area contributed by atoms with Crippen LogP contribution in [0.15, 0.2) is 45.1 Å². The summed E-state index contributed by atoms with van der Waals surface area (Å²) in [5.74, 6) is 0. The fraction of sp³-hybridized carbons (Fsp3) is 0. The predicted octanol–water partition coefficient (Wildman–Crippen LogP) is 3.58. The Morgan fingerprint density at radius 3 is 3.00 bits per heavy atom. The lowest BCUT2D eigenvalue weighted by molar-refractivity contribution is 1.44. The number of hydrogen-bond acceptors (Lipinski definition) is 2. The molecule has 0 aromatic heterocycles. The maximum absolute atomic E-state index is 8.24. The highest BCUT2D eigenvalue weighted by atomic mass is 79.9. The lowest BCUT2D eigenvalue weighted by atomic mass is 10.4. The molecule has 0 saturated heterocycles. The summed E-state index contributed by atoms with van der Waals surface area (Å²) in [5.41, 5.74) is 0. The van der Waals surface area contributed by atoms with Gasteiger partial charge in [-0.05, 0) is 23.6 Å². The first-order chi connectivity index (χ1) is 5.83. The predicted molar refractivity (Wildman–Crippen MR) is 54.8 cm³/mol. The SMILES string of the molecule is N#CC=CSc1cccc(Br)c1. The summed E-state index contributed by atoms with van der Waals surface area (Å²) in [6, 6.07) is 9.88. The van der Waals surface area contributed by atoms with Crippen LogP contribution in [0.3, 0.4) is 0 Å². The van der Waals surface area contributed by atoms with Crippen molar-refractivity contribution in [3.05, 3.63) is 40.2 Å². The van der Waals surface area contributed by atoms with Gasteiger partial charge in [0, 0.05) is 15.4 Å². The molecule has 0 aliphatic carbocycles. The van der Waals surface area contributed by atoms with Crippen LogP contribution in [0.1, 0.15) is 0 Å². The number of halogens is 1. The van der Waals surface area contributed by atoms with E-state index in [1.807, 2.05) is 30.3 Å². The normalized spacial score (nSPS) is 10.0. The van der Waals surface area contributed by atoms with Crippen molar-refractivity contribution >= 4 is 27.7 Å². The molecule has 0 fully saturated rings. The van der Waals surface area contributed by atoms with Gasteiger partial charge in [-0.2, -0.15) is 5.26 Å². The number of nitriles is 1. The maximum atomic E-state index is 8.24. The molecule has 12 heavy (non-hydrogen) atoms. The van der Waals surface area contributed by atoms with E-state index >= 15 is 0 Å². The van der Waals surface area contributed by atoms with Crippen molar-refractivity contribution in [1.82, 2.24) is 0 Å². The van der Waals surface area contributed by atoms with Crippen LogP contribution in [-0.4, -0.2) is 0 Å². The van der Waals surface area contributed by atoms with Crippen LogP contribution in [0.2, 0.25) is 0 Å². The van der Waals surface area contributed by atoms with Crippen LogP contribution in [-0.2, 0) is 0 Å². The van der Waals surface area contributed by atoms with Gasteiger partial charge in [-0.3, -0.25) is 0 Å². The highest BCUT2D eigenvalue weighted by Gasteiger charge is 1.90. The van der Waals surface area contributed by atoms with Gasteiger partial charge in [-0.1, -0.05) is 33.8 Å². The number of benzene rings is 1. The van der Waals surface area contributed by atoms with Crippen LogP contribution < -0.4 is 0 Å². The fourth-order valence-electron chi connectivity index (χ4n) is 0.683. The molecule has 0 aliphatic heterocycles. The zero-order chi connectivity index (χ0) is 8.81. The molecule has 60 valence electrons. The van der Waals surface area contributed by atoms with Gasteiger partial charge in [0.05, 0.1) is 6.07 Å². The van der Waals surface area contributed by atoms with Crippen molar-refractivity contribution in [2.75, 3.05) is 0 Å². The molecule has 1 aromatic rings. The van der Waals surface area contributed by atoms with Crippen molar-refractivity contribution < 1.29 is 0 Å². The van der Waals surface area contributed by atoms with Crippen LogP contribution in [0.5, 0.6) is 0 Å². The quantitative estimate of drug-likeness (QED) is 0.582. The minimum Gasteiger partial charge on any atom is -0.193 e. The highest BCUT2D eigenvalue weighted by Crippen LogP contribution is 2.22. The molecule has 0 heterocycles. The minimum absolute atomic E-state index is 1.05. The van der Waals surface area contributed by atoms with Gasteiger partial charge in [0.15, 0.2) is 0 Å². The topological polar surface area (TPSA) is 23.8 Å². The maximum Gasteiger partial charge on any atom is 0.0917 e. The van der Waals surface area contributed by atoms with E-state index in [0.717, 1.165) is 9.37 Å². The highest BCUT2D eigenvalue weighted by molar-refractivity contribution is 9.10. The van der Waals surface area contributed by atoms with E-state index in [2.05, 4.69) is 15.9 Å². The van der Waals surface area contributed by atoms with Crippen molar-refractivity contribution in [2.45, 2.75) is 4.90 Å². The standard InChI is InChI=1S/C9H6BrNS/c10-8-3-1-4-9(7-8)12-6-2-5-11/h1-4,6-7H. The second kappa shape index (κ2) is 5.02. The van der Waals surface area contributed by atoms with E-state index in [1.54, 1.807) is 5.41 Å². The number of thioether (sulfide) groups is 1. The van der Waals surface area contributed by atoms with Gasteiger partial charge in [0.25, 0.3) is 0 Å². The van der Waals surface area contributed by atoms with Gasteiger partial charge in [0.1, 0.15) is 0 Å². The lowest BCUT2D eigenvalue weighted by Crippen LogP contribution is -1.67. The van der Waals surface area contributed by atoms with Crippen molar-refractivity contribution in [1.29, 1.82) is 5.26 Å². The Kier molecular flexibility index (Phi) is 3.92. The molecule has 0 aliphatic rings. The largest absolute Gasteiger partial charge is 0.193 e. The molecule has 1 nitrogen and oxygen atoms in total. The first-order valence-electron chi connectivity index (χ1n) is 3.30. The van der Waals surface area contributed by atoms with Gasteiger partial charge < -0.3 is 0 Å². The van der Waals surface area contributed by atoms with Crippen LogP contribution in [0.4, 0.5) is 0 Å². The second-order valence-corrected chi connectivity index (χ2v) is 3.90. The Morgan fingerprint density at radius 1 is 1.50 bits per heavy atom. The summed E-state index contributed by atoms with van der Waals surface area (Å²) < 4.78 is 1.05. The third-order valence-corrected chi connectivity index (χ3v) is 2.43. The molecular formula is C9H6BrNS. The van der Waals surface area contributed by atoms with Gasteiger partial charge >= 0.3 is 0 Å². The third kappa shape index (κ3) is 3.12. The first kappa shape index (κ1) is 9.37. The Balaban J connectivity index is 2.65. The van der Waals surface area contributed by atoms with Crippen molar-refractivity contribution in [2.24, 2.45) is 0 Å². The molecule has 0 unspecified atom stereocenters. The first-order valence-corrected chi connectivity index (χ1v) is 4.97. The van der Waals surface area contributed by atoms with E-state index in [0.29, 0.717) is 0 Å². The molecule has 0 saturated carbocycles. The number of hydrogen-bond donors (Lipinski definition) is 0. The Bertz CT molecular complexity index is 328. The zero-order valence-electron chi connectivity index (χ0n) is 6.20. The smallest absolute Gasteiger partial charge is 0.0917 e. The fourth-order valence-corrected chi connectivity index (χ4v) is 1.87. The van der Waals surface area contributed by atoms with Gasteiger partial charge in [0.2, 0.25) is 0 Å². The van der Waals surface area contributed by atoms with Gasteiger partial charge in [-0.15, -0.1) is 0 Å². The van der Waals surface area contributed by atoms with Crippen molar-refractivity contribution in [3.8, 4) is 6.07 Å². The lowest BCUT2D eigenvalue weighted by Gasteiger charge is -1.94. The Hall–Kier alpha value is -0.720. The van der Waals surface area contributed by atoms with Gasteiger partial charge in [-0.25, -0.2) is 0 Å². The number of rotatable bonds is 2. The molecule has 1 rings (SSSR count). The minimum atomic E-state index is 1.05. The summed E-state index contributed by atoms with van der Waals surface area (Å²) >= 11 is 4.89. The van der Waals surface area contributed by atoms with Crippen molar-refractivity contribution in [3.63, 3.8) is 0 Å². The summed E-state index contributed by atoms with van der Waals surface area (Å²) in [4.78, 5) is 1.12. The number of nitrogens with zero attached hydrogens (tertiary/aromatic N) is 1. The Morgan fingerprint density at radius 2 is 2.33 bits per heavy atom. The van der Waals surface area contributed by atoms with E-state index in [1.165, 1.54) is 17.8 Å². The molecule has 0 N–H and O–H groups in total. The summed E-state index contributed by atoms with van der Waals surface area (Å²) in [6.07, 6.45) is 1.46. The van der Waals surface area contributed by atoms with E-state index < -0.39 is 0 Å². The summed E-state index contributed by atoms with van der Waals surface area (Å²) in [5, 5.41) is 10.0. The number of allylic oxidation sites excluding steroid dienone is 1. The molecule has 1 aromatic carbocycles. The molecule has 0 spiro atoms. The average molecular weight is 240 g/mol. The van der Waals surface area contributed by atoms with E-state index in [9.17, 15) is 0 Å². The molecule has 3 heteroatoms. The summed E-state index contributed by atoms with van der Waals surface area (Å²) in [6.45, 7) is 0. The molecular weight excluding hydrogens is 234 g/mol. The van der Waals surface area contributed by atoms with Crippen LogP contribution in [0, 0.1) is 11.3 Å². The third-order valence-electron chi connectivity index (χ3n) is 1.14. The van der Waals surface area contributed by atoms with Crippen LogP contribution in [0.25, 0.3) is 0 Å². The second-order valence-electron chi connectivity index (χ2n) is 2.01. The molecule has 0 amide bonds. The average Bonchev–Trinajstić information content (AvgIpc) is 2.05. The molecule has 0 bridgehead atoms. The summed E-state index contributed by atoms with van der Waals surface area (Å²) in [7, 11) is 0. The monoisotopic (exact) mass is 239 g/mol.